The zero-order chi connectivity index (χ0) is 11.8. The normalized spacial score (nSPS) is 12.1. The summed E-state index contributed by atoms with van der Waals surface area (Å²) in [6, 6.07) is 3.91. The first kappa shape index (κ1) is 12.6. The minimum atomic E-state index is 0.0759. The molecule has 1 atom stereocenters. The van der Waals surface area contributed by atoms with Crippen molar-refractivity contribution >= 4 is 5.91 Å². The van der Waals surface area contributed by atoms with Crippen molar-refractivity contribution in [2.75, 3.05) is 13.1 Å². The van der Waals surface area contributed by atoms with E-state index in [9.17, 15) is 4.79 Å². The molecule has 0 aliphatic rings. The molecule has 16 heavy (non-hydrogen) atoms. The van der Waals surface area contributed by atoms with Gasteiger partial charge in [0.25, 0.3) is 0 Å². The van der Waals surface area contributed by atoms with Crippen molar-refractivity contribution < 1.29 is 4.79 Å². The average molecular weight is 221 g/mol. The van der Waals surface area contributed by atoms with E-state index in [1.54, 1.807) is 12.4 Å². The van der Waals surface area contributed by atoms with Crippen molar-refractivity contribution in [2.45, 2.75) is 19.8 Å². The molecule has 0 radical (unpaired) electrons. The van der Waals surface area contributed by atoms with Gasteiger partial charge in [-0.05, 0) is 36.6 Å². The fourth-order valence-electron chi connectivity index (χ4n) is 1.37. The Bertz CT molecular complexity index is 313. The minimum Gasteiger partial charge on any atom is -0.356 e. The van der Waals surface area contributed by atoms with Gasteiger partial charge in [-0.25, -0.2) is 0 Å². The topological polar surface area (TPSA) is 68.0 Å². The van der Waals surface area contributed by atoms with Gasteiger partial charge in [-0.3, -0.25) is 9.78 Å². The summed E-state index contributed by atoms with van der Waals surface area (Å²) in [5, 5.41) is 2.88. The van der Waals surface area contributed by atoms with Crippen molar-refractivity contribution in [3.63, 3.8) is 0 Å². The molecule has 0 spiro atoms. The summed E-state index contributed by atoms with van der Waals surface area (Å²) < 4.78 is 0. The smallest absolute Gasteiger partial charge is 0.220 e. The fourth-order valence-corrected chi connectivity index (χ4v) is 1.37. The Hall–Kier alpha value is -1.42. The fraction of sp³-hybridized carbons (Fsp3) is 0.500. The highest BCUT2D eigenvalue weighted by molar-refractivity contribution is 5.76. The molecule has 1 heterocycles. The van der Waals surface area contributed by atoms with E-state index in [1.807, 2.05) is 19.1 Å². The Labute approximate surface area is 96.3 Å². The molecular formula is C12H19N3O. The van der Waals surface area contributed by atoms with Crippen LogP contribution in [-0.2, 0) is 11.2 Å². The molecule has 1 aromatic rings. The maximum absolute atomic E-state index is 11.4. The van der Waals surface area contributed by atoms with Gasteiger partial charge in [0.05, 0.1) is 0 Å². The Balaban J connectivity index is 2.18. The van der Waals surface area contributed by atoms with Crippen LogP contribution in [0.1, 0.15) is 18.9 Å². The lowest BCUT2D eigenvalue weighted by atomic mass is 10.1. The molecular weight excluding hydrogens is 202 g/mol. The van der Waals surface area contributed by atoms with Gasteiger partial charge in [0, 0.05) is 25.4 Å². The van der Waals surface area contributed by atoms with Gasteiger partial charge in [-0.1, -0.05) is 6.92 Å². The summed E-state index contributed by atoms with van der Waals surface area (Å²) in [5.41, 5.74) is 6.64. The van der Waals surface area contributed by atoms with E-state index in [-0.39, 0.29) is 11.8 Å². The van der Waals surface area contributed by atoms with E-state index in [2.05, 4.69) is 10.3 Å². The zero-order valence-electron chi connectivity index (χ0n) is 9.65. The summed E-state index contributed by atoms with van der Waals surface area (Å²) >= 11 is 0. The average Bonchev–Trinajstić information content (AvgIpc) is 2.30. The van der Waals surface area contributed by atoms with E-state index in [0.29, 0.717) is 19.5 Å². The molecule has 0 saturated carbocycles. The van der Waals surface area contributed by atoms with Crippen LogP contribution in [0.25, 0.3) is 0 Å². The summed E-state index contributed by atoms with van der Waals surface area (Å²) in [6.07, 6.45) is 4.86. The van der Waals surface area contributed by atoms with Gasteiger partial charge >= 0.3 is 0 Å². The van der Waals surface area contributed by atoms with E-state index >= 15 is 0 Å². The van der Waals surface area contributed by atoms with Crippen LogP contribution in [0.2, 0.25) is 0 Å². The van der Waals surface area contributed by atoms with Gasteiger partial charge in [0.15, 0.2) is 0 Å². The summed E-state index contributed by atoms with van der Waals surface area (Å²) in [4.78, 5) is 15.4. The van der Waals surface area contributed by atoms with Crippen LogP contribution in [0.15, 0.2) is 24.5 Å². The number of carbonyl (C=O) groups is 1. The van der Waals surface area contributed by atoms with Crippen molar-refractivity contribution in [3.8, 4) is 0 Å². The molecule has 0 aliphatic heterocycles. The molecule has 1 amide bonds. The Kier molecular flexibility index (Phi) is 5.50. The Morgan fingerprint density at radius 3 is 2.81 bits per heavy atom. The number of aromatic nitrogens is 1. The third-order valence-electron chi connectivity index (χ3n) is 2.42. The summed E-state index contributed by atoms with van der Waals surface area (Å²) in [7, 11) is 0. The van der Waals surface area contributed by atoms with Crippen LogP contribution >= 0.6 is 0 Å². The number of nitrogens with zero attached hydrogens (tertiary/aromatic N) is 1. The monoisotopic (exact) mass is 221 g/mol. The maximum atomic E-state index is 11.4. The third kappa shape index (κ3) is 4.89. The first-order valence-corrected chi connectivity index (χ1v) is 5.58. The molecule has 3 N–H and O–H groups in total. The third-order valence-corrected chi connectivity index (χ3v) is 2.42. The van der Waals surface area contributed by atoms with Crippen LogP contribution in [0.3, 0.4) is 0 Å². The van der Waals surface area contributed by atoms with Crippen LogP contribution in [0.4, 0.5) is 0 Å². The Morgan fingerprint density at radius 2 is 2.19 bits per heavy atom. The maximum Gasteiger partial charge on any atom is 0.220 e. The molecule has 1 rings (SSSR count). The molecule has 0 aliphatic carbocycles. The zero-order valence-corrected chi connectivity index (χ0v) is 9.65. The van der Waals surface area contributed by atoms with Gasteiger partial charge in [-0.15, -0.1) is 0 Å². The second-order valence-electron chi connectivity index (χ2n) is 4.00. The lowest BCUT2D eigenvalue weighted by molar-refractivity contribution is -0.121. The van der Waals surface area contributed by atoms with E-state index in [4.69, 9.17) is 5.73 Å². The molecule has 88 valence electrons. The van der Waals surface area contributed by atoms with Crippen molar-refractivity contribution in [1.29, 1.82) is 0 Å². The lowest BCUT2D eigenvalue weighted by Gasteiger charge is -2.08. The van der Waals surface area contributed by atoms with Gasteiger partial charge in [0.2, 0.25) is 5.91 Å². The van der Waals surface area contributed by atoms with Crippen molar-refractivity contribution in [1.82, 2.24) is 10.3 Å². The molecule has 0 saturated heterocycles. The van der Waals surface area contributed by atoms with Crippen LogP contribution in [0, 0.1) is 5.92 Å². The Morgan fingerprint density at radius 1 is 1.50 bits per heavy atom. The predicted octanol–water partition coefficient (Wildman–Crippen LogP) is 0.725. The number of amides is 1. The molecule has 0 aromatic carbocycles. The molecule has 0 fully saturated rings. The van der Waals surface area contributed by atoms with E-state index in [0.717, 1.165) is 6.42 Å². The molecule has 4 nitrogen and oxygen atoms in total. The second-order valence-corrected chi connectivity index (χ2v) is 4.00. The number of hydrogen-bond donors (Lipinski definition) is 2. The van der Waals surface area contributed by atoms with E-state index < -0.39 is 0 Å². The molecule has 0 bridgehead atoms. The highest BCUT2D eigenvalue weighted by Gasteiger charge is 2.06. The number of carbonyl (C=O) groups excluding carboxylic acids is 1. The molecule has 4 heteroatoms. The highest BCUT2D eigenvalue weighted by Crippen LogP contribution is 1.99. The van der Waals surface area contributed by atoms with Gasteiger partial charge < -0.3 is 11.1 Å². The van der Waals surface area contributed by atoms with Gasteiger partial charge in [-0.2, -0.15) is 0 Å². The van der Waals surface area contributed by atoms with Gasteiger partial charge in [0.1, 0.15) is 0 Å². The minimum absolute atomic E-state index is 0.0759. The largest absolute Gasteiger partial charge is 0.356 e. The van der Waals surface area contributed by atoms with Crippen molar-refractivity contribution in [2.24, 2.45) is 11.7 Å². The van der Waals surface area contributed by atoms with Crippen LogP contribution in [0.5, 0.6) is 0 Å². The summed E-state index contributed by atoms with van der Waals surface area (Å²) in [6.45, 7) is 3.19. The predicted molar refractivity (Wildman–Crippen MR) is 63.8 cm³/mol. The number of hydrogen-bond acceptors (Lipinski definition) is 3. The molecule has 1 aromatic heterocycles. The number of rotatable bonds is 6. The van der Waals surface area contributed by atoms with E-state index in [1.165, 1.54) is 5.56 Å². The quantitative estimate of drug-likeness (QED) is 0.744. The number of nitrogens with two attached hydrogens (primary N) is 1. The first-order chi connectivity index (χ1) is 7.72. The number of pyridine rings is 1. The highest BCUT2D eigenvalue weighted by atomic mass is 16.1. The van der Waals surface area contributed by atoms with Crippen molar-refractivity contribution in [3.05, 3.63) is 30.1 Å². The molecule has 1 unspecified atom stereocenters. The summed E-state index contributed by atoms with van der Waals surface area (Å²) in [5.74, 6) is 0.327. The van der Waals surface area contributed by atoms with Crippen LogP contribution < -0.4 is 11.1 Å². The number of nitrogens with one attached hydrogen (secondary N) is 1. The lowest BCUT2D eigenvalue weighted by Crippen LogP contribution is -2.28. The second kappa shape index (κ2) is 6.95. The first-order valence-electron chi connectivity index (χ1n) is 5.58. The standard InChI is InChI=1S/C12H19N3O/c1-10(9-13)8-12(16)15-7-4-11-2-5-14-6-3-11/h2-3,5-6,10H,4,7-9,13H2,1H3,(H,15,16). The van der Waals surface area contributed by atoms with Crippen LogP contribution in [-0.4, -0.2) is 24.0 Å². The SMILES string of the molecule is CC(CN)CC(=O)NCCc1ccncc1.